The molecule has 0 spiro atoms. The molecule has 0 aliphatic carbocycles. The summed E-state index contributed by atoms with van der Waals surface area (Å²) >= 11 is 0. The van der Waals surface area contributed by atoms with Crippen molar-refractivity contribution in [3.8, 4) is 5.82 Å². The highest BCUT2D eigenvalue weighted by Crippen LogP contribution is 2.45. The molecule has 0 saturated carbocycles. The first-order chi connectivity index (χ1) is 20.9. The number of rotatable bonds is 1. The van der Waals surface area contributed by atoms with Crippen molar-refractivity contribution in [3.63, 3.8) is 0 Å². The Labute approximate surface area is 239 Å². The molecule has 10 rings (SSSR count). The number of pyridine rings is 2. The molecule has 4 heterocycles. The van der Waals surface area contributed by atoms with Gasteiger partial charge in [-0.3, -0.25) is 9.55 Å². The number of hydrogen-bond acceptors (Lipinski definition) is 3. The zero-order valence-corrected chi connectivity index (χ0v) is 22.4. The van der Waals surface area contributed by atoms with Gasteiger partial charge in [-0.1, -0.05) is 91.0 Å². The van der Waals surface area contributed by atoms with Gasteiger partial charge in [0.2, 0.25) is 0 Å². The molecule has 4 aromatic heterocycles. The standard InChI is InChI=1S/C38H21N3O/c1-3-12-24-22(10-1)23-11-2-4-13-25(23)30-21-40-33(20-29(24)30)41-31-17-9-19-39-36(31)34-26-14-5-6-15-27(26)38-35(37(34)41)28-16-7-8-18-32(28)42-38/h1-21H. The molecule has 10 aromatic rings. The summed E-state index contributed by atoms with van der Waals surface area (Å²) in [6.45, 7) is 0. The average molecular weight is 536 g/mol. The lowest BCUT2D eigenvalue weighted by atomic mass is 9.95. The fourth-order valence-electron chi connectivity index (χ4n) is 7.12. The number of fused-ring (bicyclic) bond motifs is 16. The molecule has 194 valence electrons. The zero-order chi connectivity index (χ0) is 27.4. The molecule has 0 aliphatic heterocycles. The Morgan fingerprint density at radius 3 is 1.88 bits per heavy atom. The molecule has 6 aromatic carbocycles. The van der Waals surface area contributed by atoms with E-state index in [1.807, 2.05) is 30.6 Å². The van der Waals surface area contributed by atoms with Crippen molar-refractivity contribution < 1.29 is 4.42 Å². The molecule has 4 heteroatoms. The van der Waals surface area contributed by atoms with Crippen LogP contribution < -0.4 is 0 Å². The van der Waals surface area contributed by atoms with Gasteiger partial charge in [0.05, 0.1) is 21.9 Å². The fraction of sp³-hybridized carbons (Fsp3) is 0. The van der Waals surface area contributed by atoms with E-state index in [0.717, 1.165) is 65.9 Å². The number of furan rings is 1. The summed E-state index contributed by atoms with van der Waals surface area (Å²) in [5, 5.41) is 12.8. The van der Waals surface area contributed by atoms with Gasteiger partial charge in [0, 0.05) is 33.9 Å². The summed E-state index contributed by atoms with van der Waals surface area (Å²) in [5.41, 5.74) is 4.81. The first-order valence-electron chi connectivity index (χ1n) is 14.2. The second kappa shape index (κ2) is 7.93. The van der Waals surface area contributed by atoms with Crippen LogP contribution in [0.5, 0.6) is 0 Å². The third kappa shape index (κ3) is 2.71. The van der Waals surface area contributed by atoms with Crippen LogP contribution in [0.25, 0.3) is 92.8 Å². The minimum absolute atomic E-state index is 0.859. The normalized spacial score (nSPS) is 12.3. The van der Waals surface area contributed by atoms with E-state index >= 15 is 0 Å². The summed E-state index contributed by atoms with van der Waals surface area (Å²) < 4.78 is 8.87. The van der Waals surface area contributed by atoms with Crippen LogP contribution in [-0.4, -0.2) is 14.5 Å². The Morgan fingerprint density at radius 1 is 0.500 bits per heavy atom. The van der Waals surface area contributed by atoms with Crippen LogP contribution in [0.3, 0.4) is 0 Å². The summed E-state index contributed by atoms with van der Waals surface area (Å²) in [6, 6.07) is 40.5. The average Bonchev–Trinajstić information content (AvgIpc) is 3.61. The number of nitrogens with zero attached hydrogens (tertiary/aromatic N) is 3. The lowest BCUT2D eigenvalue weighted by molar-refractivity contribution is 0.673. The van der Waals surface area contributed by atoms with E-state index in [-0.39, 0.29) is 0 Å². The van der Waals surface area contributed by atoms with Crippen molar-refractivity contribution in [1.82, 2.24) is 14.5 Å². The van der Waals surface area contributed by atoms with E-state index in [2.05, 4.69) is 102 Å². The molecule has 0 bridgehead atoms. The van der Waals surface area contributed by atoms with Gasteiger partial charge < -0.3 is 4.42 Å². The quantitative estimate of drug-likeness (QED) is 0.196. The highest BCUT2D eigenvalue weighted by molar-refractivity contribution is 6.35. The predicted molar refractivity (Wildman–Crippen MR) is 174 cm³/mol. The van der Waals surface area contributed by atoms with Gasteiger partial charge in [-0.25, -0.2) is 4.98 Å². The van der Waals surface area contributed by atoms with E-state index < -0.39 is 0 Å². The Bertz CT molecular complexity index is 2710. The van der Waals surface area contributed by atoms with Crippen molar-refractivity contribution >= 4 is 87.0 Å². The number of para-hydroxylation sites is 1. The second-order valence-corrected chi connectivity index (χ2v) is 11.0. The Kier molecular flexibility index (Phi) is 4.15. The molecule has 42 heavy (non-hydrogen) atoms. The molecule has 4 nitrogen and oxygen atoms in total. The molecule has 0 fully saturated rings. The van der Waals surface area contributed by atoms with E-state index in [1.165, 1.54) is 26.9 Å². The van der Waals surface area contributed by atoms with Crippen molar-refractivity contribution in [2.45, 2.75) is 0 Å². The molecule has 0 aliphatic rings. The van der Waals surface area contributed by atoms with Crippen LogP contribution in [0.2, 0.25) is 0 Å². The summed E-state index contributed by atoms with van der Waals surface area (Å²) in [7, 11) is 0. The van der Waals surface area contributed by atoms with Gasteiger partial charge in [0.15, 0.2) is 0 Å². The second-order valence-electron chi connectivity index (χ2n) is 11.0. The molecule has 0 unspecified atom stereocenters. The number of benzene rings is 6. The molecule has 0 atom stereocenters. The van der Waals surface area contributed by atoms with E-state index in [0.29, 0.717) is 0 Å². The van der Waals surface area contributed by atoms with Crippen LogP contribution in [0.4, 0.5) is 0 Å². The molecular formula is C38H21N3O. The smallest absolute Gasteiger partial charge is 0.145 e. The van der Waals surface area contributed by atoms with Crippen molar-refractivity contribution in [2.75, 3.05) is 0 Å². The third-order valence-electron chi connectivity index (χ3n) is 8.84. The van der Waals surface area contributed by atoms with Crippen molar-refractivity contribution in [1.29, 1.82) is 0 Å². The topological polar surface area (TPSA) is 43.9 Å². The molecular weight excluding hydrogens is 514 g/mol. The fourth-order valence-corrected chi connectivity index (χ4v) is 7.12. The maximum Gasteiger partial charge on any atom is 0.145 e. The van der Waals surface area contributed by atoms with E-state index in [9.17, 15) is 0 Å². The first kappa shape index (κ1) is 22.0. The van der Waals surface area contributed by atoms with Crippen molar-refractivity contribution in [2.24, 2.45) is 0 Å². The molecule has 0 amide bonds. The van der Waals surface area contributed by atoms with E-state index in [1.54, 1.807) is 0 Å². The number of aromatic nitrogens is 3. The Balaban J connectivity index is 1.46. The monoisotopic (exact) mass is 535 g/mol. The molecule has 0 radical (unpaired) electrons. The first-order valence-corrected chi connectivity index (χ1v) is 14.2. The Hall–Kier alpha value is -5.74. The lowest BCUT2D eigenvalue weighted by Crippen LogP contribution is -1.98. The highest BCUT2D eigenvalue weighted by Gasteiger charge is 2.24. The van der Waals surface area contributed by atoms with E-state index in [4.69, 9.17) is 14.4 Å². The lowest BCUT2D eigenvalue weighted by Gasteiger charge is -2.13. The van der Waals surface area contributed by atoms with Gasteiger partial charge in [-0.2, -0.15) is 0 Å². The van der Waals surface area contributed by atoms with Gasteiger partial charge in [-0.15, -0.1) is 0 Å². The maximum atomic E-state index is 6.58. The zero-order valence-electron chi connectivity index (χ0n) is 22.4. The van der Waals surface area contributed by atoms with Crippen LogP contribution >= 0.6 is 0 Å². The third-order valence-corrected chi connectivity index (χ3v) is 8.84. The summed E-state index contributed by atoms with van der Waals surface area (Å²) in [4.78, 5) is 10.1. The minimum Gasteiger partial charge on any atom is -0.455 e. The van der Waals surface area contributed by atoms with Crippen molar-refractivity contribution in [3.05, 3.63) is 128 Å². The van der Waals surface area contributed by atoms with Gasteiger partial charge in [-0.05, 0) is 56.6 Å². The minimum atomic E-state index is 0.859. The largest absolute Gasteiger partial charge is 0.455 e. The van der Waals surface area contributed by atoms with Gasteiger partial charge in [0.1, 0.15) is 17.0 Å². The number of hydrogen-bond donors (Lipinski definition) is 0. The van der Waals surface area contributed by atoms with Crippen LogP contribution in [0.15, 0.2) is 132 Å². The van der Waals surface area contributed by atoms with Gasteiger partial charge >= 0.3 is 0 Å². The van der Waals surface area contributed by atoms with Gasteiger partial charge in [0.25, 0.3) is 0 Å². The SMILES string of the molecule is c1ccc2c(c1)oc1c3ccccc3c3c4ncccc4n(-c4cc5c6ccccc6c6ccccc6c5cn4)c3c21. The predicted octanol–water partition coefficient (Wildman–Crippen LogP) is 10.1. The van der Waals surface area contributed by atoms with Crippen LogP contribution in [-0.2, 0) is 0 Å². The summed E-state index contributed by atoms with van der Waals surface area (Å²) in [6.07, 6.45) is 3.92. The molecule has 0 N–H and O–H groups in total. The maximum absolute atomic E-state index is 6.58. The summed E-state index contributed by atoms with van der Waals surface area (Å²) in [5.74, 6) is 0.859. The van der Waals surface area contributed by atoms with Crippen LogP contribution in [0.1, 0.15) is 0 Å². The van der Waals surface area contributed by atoms with Crippen LogP contribution in [0, 0.1) is 0 Å². The Morgan fingerprint density at radius 2 is 1.12 bits per heavy atom. The highest BCUT2D eigenvalue weighted by atomic mass is 16.3. The molecule has 0 saturated heterocycles.